The van der Waals surface area contributed by atoms with Crippen LogP contribution in [0.15, 0.2) is 78.2 Å². The molecule has 4 rings (SSSR count). The van der Waals surface area contributed by atoms with Gasteiger partial charge < -0.3 is 5.32 Å². The number of nitrogens with zero attached hydrogens (tertiary/aromatic N) is 1. The summed E-state index contributed by atoms with van der Waals surface area (Å²) in [6.07, 6.45) is 0. The number of carbonyl (C=O) groups excluding carboxylic acids is 1. The number of halogens is 2. The third-order valence-electron chi connectivity index (χ3n) is 4.13. The smallest absolute Gasteiger partial charge is 0.256 e. The van der Waals surface area contributed by atoms with Crippen molar-refractivity contribution in [2.24, 2.45) is 0 Å². The van der Waals surface area contributed by atoms with Crippen LogP contribution in [0.3, 0.4) is 0 Å². The molecule has 1 aromatic heterocycles. The Morgan fingerprint density at radius 2 is 1.75 bits per heavy atom. The molecule has 0 spiro atoms. The number of aromatic nitrogens is 1. The standard InChI is InChI=1S/C22H14ClIN2OS/c23-16-10-8-14(9-11-16)22-26-20(13-28-22)15-4-3-5-17(12-15)25-21(27)18-6-1-2-7-19(18)24/h1-13H,(H,25,27). The Morgan fingerprint density at radius 3 is 2.54 bits per heavy atom. The summed E-state index contributed by atoms with van der Waals surface area (Å²) < 4.78 is 0.917. The van der Waals surface area contributed by atoms with Crippen molar-refractivity contribution < 1.29 is 4.79 Å². The maximum Gasteiger partial charge on any atom is 0.256 e. The van der Waals surface area contributed by atoms with Crippen molar-refractivity contribution >= 4 is 57.1 Å². The number of hydrogen-bond donors (Lipinski definition) is 1. The molecule has 0 bridgehead atoms. The van der Waals surface area contributed by atoms with Crippen molar-refractivity contribution in [2.45, 2.75) is 0 Å². The van der Waals surface area contributed by atoms with Gasteiger partial charge in [-0.05, 0) is 59.0 Å². The minimum Gasteiger partial charge on any atom is -0.322 e. The van der Waals surface area contributed by atoms with Gasteiger partial charge >= 0.3 is 0 Å². The summed E-state index contributed by atoms with van der Waals surface area (Å²) >= 11 is 9.71. The first kappa shape index (κ1) is 19.1. The Morgan fingerprint density at radius 1 is 0.964 bits per heavy atom. The van der Waals surface area contributed by atoms with E-state index in [2.05, 4.69) is 27.9 Å². The Hall–Kier alpha value is -2.22. The van der Waals surface area contributed by atoms with Crippen LogP contribution >= 0.6 is 45.5 Å². The molecule has 138 valence electrons. The first-order valence-electron chi connectivity index (χ1n) is 8.48. The van der Waals surface area contributed by atoms with Gasteiger partial charge in [0.1, 0.15) is 5.01 Å². The van der Waals surface area contributed by atoms with Gasteiger partial charge in [-0.25, -0.2) is 4.98 Å². The van der Waals surface area contributed by atoms with E-state index in [1.54, 1.807) is 11.3 Å². The fraction of sp³-hybridized carbons (Fsp3) is 0. The number of benzene rings is 3. The number of amides is 1. The predicted molar refractivity (Wildman–Crippen MR) is 125 cm³/mol. The van der Waals surface area contributed by atoms with E-state index in [1.807, 2.05) is 78.2 Å². The third-order valence-corrected chi connectivity index (χ3v) is 6.21. The minimum atomic E-state index is -0.123. The van der Waals surface area contributed by atoms with Crippen molar-refractivity contribution in [2.75, 3.05) is 5.32 Å². The summed E-state index contributed by atoms with van der Waals surface area (Å²) in [5.74, 6) is -0.123. The average molecular weight is 517 g/mol. The van der Waals surface area contributed by atoms with Gasteiger partial charge in [0, 0.05) is 30.8 Å². The lowest BCUT2D eigenvalue weighted by atomic mass is 10.1. The van der Waals surface area contributed by atoms with Crippen LogP contribution in [0, 0.1) is 3.57 Å². The molecule has 0 aliphatic heterocycles. The second kappa shape index (κ2) is 8.43. The molecule has 1 heterocycles. The highest BCUT2D eigenvalue weighted by atomic mass is 127. The first-order valence-corrected chi connectivity index (χ1v) is 10.8. The van der Waals surface area contributed by atoms with E-state index >= 15 is 0 Å². The SMILES string of the molecule is O=C(Nc1cccc(-c2csc(-c3ccc(Cl)cc3)n2)c1)c1ccccc1I. The van der Waals surface area contributed by atoms with E-state index in [-0.39, 0.29) is 5.91 Å². The highest BCUT2D eigenvalue weighted by Gasteiger charge is 2.11. The fourth-order valence-corrected chi connectivity index (χ4v) is 4.33. The van der Waals surface area contributed by atoms with Crippen LogP contribution in [0.5, 0.6) is 0 Å². The molecule has 4 aromatic rings. The van der Waals surface area contributed by atoms with Crippen LogP contribution in [0.25, 0.3) is 21.8 Å². The minimum absolute atomic E-state index is 0.123. The molecule has 0 saturated heterocycles. The lowest BCUT2D eigenvalue weighted by Gasteiger charge is -2.08. The average Bonchev–Trinajstić information content (AvgIpc) is 3.19. The van der Waals surface area contributed by atoms with E-state index in [4.69, 9.17) is 16.6 Å². The summed E-state index contributed by atoms with van der Waals surface area (Å²) in [6, 6.07) is 22.9. The molecule has 0 radical (unpaired) electrons. The van der Waals surface area contributed by atoms with Crippen LogP contribution in [-0.2, 0) is 0 Å². The number of carbonyl (C=O) groups is 1. The summed E-state index contributed by atoms with van der Waals surface area (Å²) in [4.78, 5) is 17.3. The largest absolute Gasteiger partial charge is 0.322 e. The van der Waals surface area contributed by atoms with Gasteiger partial charge in [0.15, 0.2) is 0 Å². The number of nitrogens with one attached hydrogen (secondary N) is 1. The molecule has 1 amide bonds. The second-order valence-corrected chi connectivity index (χ2v) is 8.52. The van der Waals surface area contributed by atoms with E-state index in [1.165, 1.54) is 0 Å². The lowest BCUT2D eigenvalue weighted by molar-refractivity contribution is 0.102. The third kappa shape index (κ3) is 4.27. The van der Waals surface area contributed by atoms with Crippen molar-refractivity contribution in [1.82, 2.24) is 4.98 Å². The van der Waals surface area contributed by atoms with Crippen molar-refractivity contribution in [3.05, 3.63) is 92.3 Å². The van der Waals surface area contributed by atoms with Crippen molar-refractivity contribution in [1.29, 1.82) is 0 Å². The second-order valence-electron chi connectivity index (χ2n) is 6.06. The number of anilines is 1. The lowest BCUT2D eigenvalue weighted by Crippen LogP contribution is -2.13. The Bertz CT molecular complexity index is 1140. The van der Waals surface area contributed by atoms with Gasteiger partial charge in [0.25, 0.3) is 5.91 Å². The maximum absolute atomic E-state index is 12.6. The van der Waals surface area contributed by atoms with Crippen LogP contribution in [0.2, 0.25) is 5.02 Å². The normalized spacial score (nSPS) is 10.6. The highest BCUT2D eigenvalue weighted by molar-refractivity contribution is 14.1. The van der Waals surface area contributed by atoms with Gasteiger partial charge in [-0.15, -0.1) is 11.3 Å². The number of rotatable bonds is 4. The molecule has 1 N–H and O–H groups in total. The molecule has 0 atom stereocenters. The topological polar surface area (TPSA) is 42.0 Å². The van der Waals surface area contributed by atoms with Crippen LogP contribution in [0.1, 0.15) is 10.4 Å². The van der Waals surface area contributed by atoms with Crippen molar-refractivity contribution in [3.63, 3.8) is 0 Å². The van der Waals surface area contributed by atoms with Gasteiger partial charge in [-0.3, -0.25) is 4.79 Å². The summed E-state index contributed by atoms with van der Waals surface area (Å²) in [5, 5.41) is 6.63. The summed E-state index contributed by atoms with van der Waals surface area (Å²) in [6.45, 7) is 0. The molecule has 0 aliphatic carbocycles. The zero-order chi connectivity index (χ0) is 19.5. The van der Waals surface area contributed by atoms with E-state index in [0.717, 1.165) is 31.1 Å². The summed E-state index contributed by atoms with van der Waals surface area (Å²) in [5.41, 5.74) is 4.26. The Balaban J connectivity index is 1.57. The van der Waals surface area contributed by atoms with E-state index < -0.39 is 0 Å². The number of thiazole rings is 1. The molecular weight excluding hydrogens is 503 g/mol. The van der Waals surface area contributed by atoms with Crippen LogP contribution in [0.4, 0.5) is 5.69 Å². The van der Waals surface area contributed by atoms with Gasteiger partial charge in [0.2, 0.25) is 0 Å². The summed E-state index contributed by atoms with van der Waals surface area (Å²) in [7, 11) is 0. The highest BCUT2D eigenvalue weighted by Crippen LogP contribution is 2.30. The van der Waals surface area contributed by atoms with E-state index in [9.17, 15) is 4.79 Å². The number of hydrogen-bond acceptors (Lipinski definition) is 3. The Labute approximate surface area is 185 Å². The molecular formula is C22H14ClIN2OS. The van der Waals surface area contributed by atoms with Crippen LogP contribution < -0.4 is 5.32 Å². The van der Waals surface area contributed by atoms with Gasteiger partial charge in [-0.1, -0.05) is 48.0 Å². The first-order chi connectivity index (χ1) is 13.6. The predicted octanol–water partition coefficient (Wildman–Crippen LogP) is 6.99. The Kier molecular flexibility index (Phi) is 5.75. The molecule has 0 unspecified atom stereocenters. The van der Waals surface area contributed by atoms with Gasteiger partial charge in [0.05, 0.1) is 11.3 Å². The quantitative estimate of drug-likeness (QED) is 0.297. The zero-order valence-electron chi connectivity index (χ0n) is 14.5. The molecule has 0 saturated carbocycles. The maximum atomic E-state index is 12.6. The van der Waals surface area contributed by atoms with Gasteiger partial charge in [-0.2, -0.15) is 0 Å². The molecule has 6 heteroatoms. The molecule has 3 aromatic carbocycles. The molecule has 0 aliphatic rings. The fourth-order valence-electron chi connectivity index (χ4n) is 2.73. The zero-order valence-corrected chi connectivity index (χ0v) is 18.3. The molecule has 28 heavy (non-hydrogen) atoms. The molecule has 0 fully saturated rings. The monoisotopic (exact) mass is 516 g/mol. The molecule has 3 nitrogen and oxygen atoms in total. The van der Waals surface area contributed by atoms with Crippen LogP contribution in [-0.4, -0.2) is 10.9 Å². The van der Waals surface area contributed by atoms with Crippen molar-refractivity contribution in [3.8, 4) is 21.8 Å². The van der Waals surface area contributed by atoms with E-state index in [0.29, 0.717) is 10.6 Å².